The zero-order valence-corrected chi connectivity index (χ0v) is 9.46. The van der Waals surface area contributed by atoms with Crippen molar-refractivity contribution in [3.8, 4) is 0 Å². The lowest BCUT2D eigenvalue weighted by molar-refractivity contribution is -0.158. The molecule has 6 heteroatoms. The van der Waals surface area contributed by atoms with E-state index in [0.717, 1.165) is 25.3 Å². The molecule has 4 nitrogen and oxygen atoms in total. The highest BCUT2D eigenvalue weighted by molar-refractivity contribution is 5.79. The van der Waals surface area contributed by atoms with E-state index in [0.29, 0.717) is 0 Å². The number of benzene rings is 1. The lowest BCUT2D eigenvalue weighted by atomic mass is 10.1. The molecule has 0 aliphatic rings. The average molecular weight is 245 g/mol. The molecule has 0 saturated heterocycles. The van der Waals surface area contributed by atoms with Crippen LogP contribution in [0.15, 0.2) is 18.2 Å². The van der Waals surface area contributed by atoms with Gasteiger partial charge in [-0.1, -0.05) is 0 Å². The number of hydrogen-bond donors (Lipinski definition) is 2. The van der Waals surface area contributed by atoms with Crippen LogP contribution < -0.4 is 5.32 Å². The van der Waals surface area contributed by atoms with Crippen molar-refractivity contribution >= 4 is 11.7 Å². The topological polar surface area (TPSA) is 58.6 Å². The van der Waals surface area contributed by atoms with Gasteiger partial charge < -0.3 is 15.2 Å². The van der Waals surface area contributed by atoms with Crippen LogP contribution in [-0.4, -0.2) is 30.3 Å². The van der Waals surface area contributed by atoms with Gasteiger partial charge in [0, 0.05) is 0 Å². The number of aliphatic hydroxyl groups is 1. The fourth-order valence-corrected chi connectivity index (χ4v) is 1.19. The van der Waals surface area contributed by atoms with Crippen molar-refractivity contribution < 1.29 is 23.4 Å². The summed E-state index contributed by atoms with van der Waals surface area (Å²) in [5.74, 6) is -2.15. The SMILES string of the molecule is COC(=O)C(C)(O)CNc1cc(F)ccc1F. The standard InChI is InChI=1S/C11H13F2NO3/c1-11(16,10(15)17-2)6-14-9-5-7(12)3-4-8(9)13/h3-5,14,16H,6H2,1-2H3. The van der Waals surface area contributed by atoms with Crippen molar-refractivity contribution in [3.63, 3.8) is 0 Å². The van der Waals surface area contributed by atoms with Gasteiger partial charge in [0.15, 0.2) is 5.60 Å². The molecule has 94 valence electrons. The van der Waals surface area contributed by atoms with E-state index < -0.39 is 23.2 Å². The first-order valence-electron chi connectivity index (χ1n) is 4.86. The molecule has 1 rings (SSSR count). The second-order valence-corrected chi connectivity index (χ2v) is 3.74. The molecule has 0 aliphatic carbocycles. The van der Waals surface area contributed by atoms with Crippen molar-refractivity contribution in [2.75, 3.05) is 19.0 Å². The van der Waals surface area contributed by atoms with Crippen LogP contribution in [0.2, 0.25) is 0 Å². The van der Waals surface area contributed by atoms with Crippen LogP contribution in [0.4, 0.5) is 14.5 Å². The number of esters is 1. The molecule has 0 fully saturated rings. The van der Waals surface area contributed by atoms with Crippen molar-refractivity contribution in [2.45, 2.75) is 12.5 Å². The number of methoxy groups -OCH3 is 1. The first-order chi connectivity index (χ1) is 7.86. The zero-order chi connectivity index (χ0) is 13.1. The lowest BCUT2D eigenvalue weighted by Crippen LogP contribution is -2.42. The van der Waals surface area contributed by atoms with Gasteiger partial charge in [0.1, 0.15) is 11.6 Å². The van der Waals surface area contributed by atoms with Crippen LogP contribution >= 0.6 is 0 Å². The number of carbonyl (C=O) groups excluding carboxylic acids is 1. The molecule has 0 amide bonds. The maximum absolute atomic E-state index is 13.2. The van der Waals surface area contributed by atoms with Gasteiger partial charge in [0.05, 0.1) is 19.3 Å². The number of nitrogens with one attached hydrogen (secondary N) is 1. The number of anilines is 1. The van der Waals surface area contributed by atoms with Gasteiger partial charge in [0.25, 0.3) is 0 Å². The van der Waals surface area contributed by atoms with Crippen LogP contribution in [0.1, 0.15) is 6.92 Å². The predicted molar refractivity (Wildman–Crippen MR) is 57.5 cm³/mol. The summed E-state index contributed by atoms with van der Waals surface area (Å²) in [4.78, 5) is 11.1. The third-order valence-electron chi connectivity index (χ3n) is 2.18. The molecule has 1 atom stereocenters. The summed E-state index contributed by atoms with van der Waals surface area (Å²) in [6.45, 7) is 0.920. The van der Waals surface area contributed by atoms with Crippen molar-refractivity contribution in [1.29, 1.82) is 0 Å². The second kappa shape index (κ2) is 5.09. The maximum Gasteiger partial charge on any atom is 0.339 e. The minimum absolute atomic E-state index is 0.130. The predicted octanol–water partition coefficient (Wildman–Crippen LogP) is 1.30. The Kier molecular flexibility index (Phi) is 4.01. The molecule has 0 spiro atoms. The van der Waals surface area contributed by atoms with Crippen LogP contribution in [0, 0.1) is 11.6 Å². The van der Waals surface area contributed by atoms with E-state index in [1.165, 1.54) is 6.92 Å². The molecule has 0 saturated carbocycles. The van der Waals surface area contributed by atoms with Gasteiger partial charge in [-0.15, -0.1) is 0 Å². The Hall–Kier alpha value is -1.69. The number of hydrogen-bond acceptors (Lipinski definition) is 4. The van der Waals surface area contributed by atoms with E-state index in [4.69, 9.17) is 0 Å². The molecule has 2 N–H and O–H groups in total. The molecule has 1 aromatic carbocycles. The molecule has 0 aliphatic heterocycles. The zero-order valence-electron chi connectivity index (χ0n) is 9.46. The van der Waals surface area contributed by atoms with E-state index in [-0.39, 0.29) is 12.2 Å². The summed E-state index contributed by atoms with van der Waals surface area (Å²) in [5.41, 5.74) is -1.94. The molecule has 0 aromatic heterocycles. The Labute approximate surface area is 97.2 Å². The fraction of sp³-hybridized carbons (Fsp3) is 0.364. The normalized spacial score (nSPS) is 13.9. The minimum Gasteiger partial charge on any atom is -0.467 e. The summed E-state index contributed by atoms with van der Waals surface area (Å²) < 4.78 is 30.4. The first-order valence-corrected chi connectivity index (χ1v) is 4.86. The van der Waals surface area contributed by atoms with Gasteiger partial charge in [-0.3, -0.25) is 0 Å². The minimum atomic E-state index is -1.81. The lowest BCUT2D eigenvalue weighted by Gasteiger charge is -2.21. The molecule has 0 radical (unpaired) electrons. The quantitative estimate of drug-likeness (QED) is 0.785. The largest absolute Gasteiger partial charge is 0.467 e. The first kappa shape index (κ1) is 13.4. The van der Waals surface area contributed by atoms with Crippen LogP contribution in [0.5, 0.6) is 0 Å². The number of halogens is 2. The Bertz CT molecular complexity index is 421. The van der Waals surface area contributed by atoms with E-state index in [2.05, 4.69) is 10.1 Å². The van der Waals surface area contributed by atoms with E-state index in [9.17, 15) is 18.7 Å². The Morgan fingerprint density at radius 2 is 2.18 bits per heavy atom. The molecular formula is C11H13F2NO3. The molecule has 1 aromatic rings. The Morgan fingerprint density at radius 1 is 1.53 bits per heavy atom. The number of ether oxygens (including phenoxy) is 1. The molecular weight excluding hydrogens is 232 g/mol. The van der Waals surface area contributed by atoms with E-state index in [1.54, 1.807) is 0 Å². The monoisotopic (exact) mass is 245 g/mol. The smallest absolute Gasteiger partial charge is 0.339 e. The van der Waals surface area contributed by atoms with Gasteiger partial charge in [0.2, 0.25) is 0 Å². The summed E-state index contributed by atoms with van der Waals surface area (Å²) in [6, 6.07) is 2.85. The third kappa shape index (κ3) is 3.39. The highest BCUT2D eigenvalue weighted by Crippen LogP contribution is 2.16. The van der Waals surface area contributed by atoms with Crippen LogP contribution in [-0.2, 0) is 9.53 Å². The number of carbonyl (C=O) groups is 1. The van der Waals surface area contributed by atoms with Gasteiger partial charge >= 0.3 is 5.97 Å². The highest BCUT2D eigenvalue weighted by Gasteiger charge is 2.31. The molecule has 1 unspecified atom stereocenters. The molecule has 0 bridgehead atoms. The summed E-state index contributed by atoms with van der Waals surface area (Å²) in [7, 11) is 1.12. The summed E-state index contributed by atoms with van der Waals surface area (Å²) >= 11 is 0. The van der Waals surface area contributed by atoms with Crippen molar-refractivity contribution in [3.05, 3.63) is 29.8 Å². The Morgan fingerprint density at radius 3 is 2.76 bits per heavy atom. The average Bonchev–Trinajstić information content (AvgIpc) is 2.29. The van der Waals surface area contributed by atoms with Gasteiger partial charge in [-0.2, -0.15) is 0 Å². The van der Waals surface area contributed by atoms with Gasteiger partial charge in [-0.25, -0.2) is 13.6 Å². The number of rotatable bonds is 4. The van der Waals surface area contributed by atoms with Crippen molar-refractivity contribution in [2.24, 2.45) is 0 Å². The summed E-state index contributed by atoms with van der Waals surface area (Å²) in [5, 5.41) is 12.1. The van der Waals surface area contributed by atoms with Gasteiger partial charge in [-0.05, 0) is 25.1 Å². The third-order valence-corrected chi connectivity index (χ3v) is 2.18. The summed E-state index contributed by atoms with van der Waals surface area (Å²) in [6.07, 6.45) is 0. The second-order valence-electron chi connectivity index (χ2n) is 3.74. The fourth-order valence-electron chi connectivity index (χ4n) is 1.19. The van der Waals surface area contributed by atoms with Crippen molar-refractivity contribution in [1.82, 2.24) is 0 Å². The van der Waals surface area contributed by atoms with Crippen LogP contribution in [0.3, 0.4) is 0 Å². The van der Waals surface area contributed by atoms with Crippen LogP contribution in [0.25, 0.3) is 0 Å². The Balaban J connectivity index is 2.73. The molecule has 0 heterocycles. The molecule has 17 heavy (non-hydrogen) atoms. The highest BCUT2D eigenvalue weighted by atomic mass is 19.1. The maximum atomic E-state index is 13.2. The van der Waals surface area contributed by atoms with E-state index >= 15 is 0 Å². The van der Waals surface area contributed by atoms with E-state index in [1.807, 2.05) is 0 Å².